The minimum absolute atomic E-state index is 0.323. The summed E-state index contributed by atoms with van der Waals surface area (Å²) in [4.78, 5) is 13.9. The minimum atomic E-state index is 0.323. The van der Waals surface area contributed by atoms with Crippen LogP contribution >= 0.6 is 0 Å². The predicted octanol–water partition coefficient (Wildman–Crippen LogP) is 1.80. The number of aromatic nitrogens is 1. The number of nitrogens with zero attached hydrogens (tertiary/aromatic N) is 2. The quantitative estimate of drug-likeness (QED) is 0.607. The third-order valence-electron chi connectivity index (χ3n) is 1.31. The highest BCUT2D eigenvalue weighted by Crippen LogP contribution is 2.19. The molecular formula is C7H8N2O2. The average molecular weight is 152 g/mol. The van der Waals surface area contributed by atoms with Gasteiger partial charge < -0.3 is 4.74 Å². The van der Waals surface area contributed by atoms with Gasteiger partial charge in [0.15, 0.2) is 0 Å². The van der Waals surface area contributed by atoms with Gasteiger partial charge in [-0.15, -0.1) is 4.91 Å². The summed E-state index contributed by atoms with van der Waals surface area (Å²) in [7, 11) is 1.53. The summed E-state index contributed by atoms with van der Waals surface area (Å²) < 4.78 is 4.89. The highest BCUT2D eigenvalue weighted by Gasteiger charge is 1.99. The molecule has 0 aliphatic rings. The summed E-state index contributed by atoms with van der Waals surface area (Å²) in [5.74, 6) is 0.525. The average Bonchev–Trinajstić information content (AvgIpc) is 2.04. The van der Waals surface area contributed by atoms with E-state index in [1.165, 1.54) is 13.3 Å². The van der Waals surface area contributed by atoms with Crippen LogP contribution in [-0.4, -0.2) is 12.1 Å². The Balaban J connectivity index is 3.09. The van der Waals surface area contributed by atoms with E-state index in [1.807, 2.05) is 0 Å². The maximum atomic E-state index is 10.0. The Labute approximate surface area is 64.2 Å². The normalized spacial score (nSPS) is 9.27. The molecule has 4 nitrogen and oxygen atoms in total. The SMILES string of the molecule is COc1ncc(N=O)cc1C. The van der Waals surface area contributed by atoms with E-state index in [1.54, 1.807) is 13.0 Å². The Morgan fingerprint density at radius 2 is 2.36 bits per heavy atom. The Bertz CT molecular complexity index is 273. The number of nitroso groups, excluding NO2 is 1. The largest absolute Gasteiger partial charge is 0.481 e. The highest BCUT2D eigenvalue weighted by molar-refractivity contribution is 5.40. The molecule has 0 spiro atoms. The number of hydrogen-bond acceptors (Lipinski definition) is 4. The van der Waals surface area contributed by atoms with Crippen LogP contribution in [0.15, 0.2) is 17.4 Å². The first-order chi connectivity index (χ1) is 5.27. The molecule has 1 rings (SSSR count). The lowest BCUT2D eigenvalue weighted by molar-refractivity contribution is 0.394. The molecule has 0 fully saturated rings. The van der Waals surface area contributed by atoms with Crippen LogP contribution < -0.4 is 4.74 Å². The third kappa shape index (κ3) is 1.52. The van der Waals surface area contributed by atoms with Crippen LogP contribution in [0.4, 0.5) is 5.69 Å². The number of pyridine rings is 1. The zero-order valence-corrected chi connectivity index (χ0v) is 6.37. The molecule has 0 radical (unpaired) electrons. The molecule has 1 heterocycles. The van der Waals surface area contributed by atoms with Crippen LogP contribution in [0.1, 0.15) is 5.56 Å². The lowest BCUT2D eigenvalue weighted by Crippen LogP contribution is -1.89. The first-order valence-electron chi connectivity index (χ1n) is 3.12. The molecular weight excluding hydrogens is 144 g/mol. The Morgan fingerprint density at radius 3 is 2.82 bits per heavy atom. The van der Waals surface area contributed by atoms with Gasteiger partial charge >= 0.3 is 0 Å². The van der Waals surface area contributed by atoms with Crippen molar-refractivity contribution in [2.24, 2.45) is 5.18 Å². The molecule has 1 aromatic heterocycles. The molecule has 0 saturated carbocycles. The summed E-state index contributed by atoms with van der Waals surface area (Å²) in [6.07, 6.45) is 1.37. The lowest BCUT2D eigenvalue weighted by atomic mass is 10.3. The monoisotopic (exact) mass is 152 g/mol. The van der Waals surface area contributed by atoms with Crippen molar-refractivity contribution in [1.29, 1.82) is 0 Å². The van der Waals surface area contributed by atoms with E-state index < -0.39 is 0 Å². The van der Waals surface area contributed by atoms with E-state index in [0.717, 1.165) is 5.56 Å². The van der Waals surface area contributed by atoms with Gasteiger partial charge in [0.25, 0.3) is 0 Å². The number of aryl methyl sites for hydroxylation is 1. The molecule has 0 aliphatic heterocycles. The zero-order chi connectivity index (χ0) is 8.27. The molecule has 0 amide bonds. The van der Waals surface area contributed by atoms with Gasteiger partial charge in [-0.05, 0) is 18.2 Å². The van der Waals surface area contributed by atoms with Crippen molar-refractivity contribution in [3.8, 4) is 5.88 Å². The second-order valence-electron chi connectivity index (χ2n) is 2.11. The molecule has 58 valence electrons. The topological polar surface area (TPSA) is 51.6 Å². The zero-order valence-electron chi connectivity index (χ0n) is 6.37. The molecule has 0 saturated heterocycles. The number of ether oxygens (including phenoxy) is 1. The van der Waals surface area contributed by atoms with E-state index in [4.69, 9.17) is 4.74 Å². The van der Waals surface area contributed by atoms with Crippen molar-refractivity contribution >= 4 is 5.69 Å². The summed E-state index contributed by atoms with van der Waals surface area (Å²) in [5.41, 5.74) is 1.13. The van der Waals surface area contributed by atoms with E-state index in [2.05, 4.69) is 10.2 Å². The lowest BCUT2D eigenvalue weighted by Gasteiger charge is -2.00. The number of methoxy groups -OCH3 is 1. The molecule has 0 bridgehead atoms. The van der Waals surface area contributed by atoms with Crippen LogP contribution in [-0.2, 0) is 0 Å². The smallest absolute Gasteiger partial charge is 0.216 e. The Hall–Kier alpha value is -1.45. The molecule has 1 aromatic rings. The van der Waals surface area contributed by atoms with Crippen LogP contribution in [0, 0.1) is 11.8 Å². The minimum Gasteiger partial charge on any atom is -0.481 e. The third-order valence-corrected chi connectivity index (χ3v) is 1.31. The van der Waals surface area contributed by atoms with Crippen LogP contribution in [0.2, 0.25) is 0 Å². The number of hydrogen-bond donors (Lipinski definition) is 0. The van der Waals surface area contributed by atoms with Gasteiger partial charge in [0.05, 0.1) is 13.3 Å². The van der Waals surface area contributed by atoms with Crippen LogP contribution in [0.5, 0.6) is 5.88 Å². The maximum absolute atomic E-state index is 10.0. The van der Waals surface area contributed by atoms with Crippen LogP contribution in [0.3, 0.4) is 0 Å². The molecule has 4 heteroatoms. The Morgan fingerprint density at radius 1 is 1.64 bits per heavy atom. The van der Waals surface area contributed by atoms with Crippen LogP contribution in [0.25, 0.3) is 0 Å². The van der Waals surface area contributed by atoms with Crippen molar-refractivity contribution in [1.82, 2.24) is 4.98 Å². The standard InChI is InChI=1S/C7H8N2O2/c1-5-3-6(9-10)4-8-7(5)11-2/h3-4H,1-2H3. The predicted molar refractivity (Wildman–Crippen MR) is 41.0 cm³/mol. The highest BCUT2D eigenvalue weighted by atomic mass is 16.5. The molecule has 0 unspecified atom stereocenters. The second kappa shape index (κ2) is 3.09. The molecule has 0 aromatic carbocycles. The molecule has 0 N–H and O–H groups in total. The van der Waals surface area contributed by atoms with Gasteiger partial charge in [-0.3, -0.25) is 0 Å². The van der Waals surface area contributed by atoms with Crippen molar-refractivity contribution in [2.75, 3.05) is 7.11 Å². The molecule has 0 aliphatic carbocycles. The second-order valence-corrected chi connectivity index (χ2v) is 2.11. The van der Waals surface area contributed by atoms with Gasteiger partial charge in [0, 0.05) is 5.56 Å². The van der Waals surface area contributed by atoms with Gasteiger partial charge in [-0.2, -0.15) is 0 Å². The van der Waals surface area contributed by atoms with Crippen molar-refractivity contribution < 1.29 is 4.74 Å². The fraction of sp³-hybridized carbons (Fsp3) is 0.286. The first-order valence-corrected chi connectivity index (χ1v) is 3.12. The summed E-state index contributed by atoms with van der Waals surface area (Å²) in [5, 5.41) is 2.74. The fourth-order valence-electron chi connectivity index (χ4n) is 0.811. The van der Waals surface area contributed by atoms with Crippen molar-refractivity contribution in [3.63, 3.8) is 0 Å². The summed E-state index contributed by atoms with van der Waals surface area (Å²) in [6.45, 7) is 1.81. The van der Waals surface area contributed by atoms with Gasteiger partial charge in [0.1, 0.15) is 5.69 Å². The van der Waals surface area contributed by atoms with Gasteiger partial charge in [-0.1, -0.05) is 0 Å². The fourth-order valence-corrected chi connectivity index (χ4v) is 0.811. The Kier molecular flexibility index (Phi) is 2.15. The van der Waals surface area contributed by atoms with E-state index in [9.17, 15) is 4.91 Å². The summed E-state index contributed by atoms with van der Waals surface area (Å²) >= 11 is 0. The summed E-state index contributed by atoms with van der Waals surface area (Å²) in [6, 6.07) is 1.62. The van der Waals surface area contributed by atoms with Crippen molar-refractivity contribution in [2.45, 2.75) is 6.92 Å². The van der Waals surface area contributed by atoms with E-state index in [0.29, 0.717) is 11.6 Å². The van der Waals surface area contributed by atoms with Crippen molar-refractivity contribution in [3.05, 3.63) is 22.7 Å². The molecule has 11 heavy (non-hydrogen) atoms. The van der Waals surface area contributed by atoms with E-state index >= 15 is 0 Å². The first kappa shape index (κ1) is 7.65. The van der Waals surface area contributed by atoms with Gasteiger partial charge in [-0.25, -0.2) is 4.98 Å². The number of rotatable bonds is 2. The maximum Gasteiger partial charge on any atom is 0.216 e. The van der Waals surface area contributed by atoms with Gasteiger partial charge in [0.2, 0.25) is 5.88 Å². The molecule has 0 atom stereocenters. The van der Waals surface area contributed by atoms with E-state index in [-0.39, 0.29) is 0 Å².